The molecule has 2 rings (SSSR count). The molecule has 0 saturated carbocycles. The highest BCUT2D eigenvalue weighted by molar-refractivity contribution is 5.84. The third-order valence-corrected chi connectivity index (χ3v) is 2.01. The Morgan fingerprint density at radius 1 is 1.43 bits per heavy atom. The van der Waals surface area contributed by atoms with Crippen molar-refractivity contribution >= 4 is 16.8 Å². The van der Waals surface area contributed by atoms with Gasteiger partial charge in [0.15, 0.2) is 0 Å². The summed E-state index contributed by atoms with van der Waals surface area (Å²) in [6, 6.07) is 7.20. The Morgan fingerprint density at radius 2 is 2.21 bits per heavy atom. The second-order valence-electron chi connectivity index (χ2n) is 2.96. The van der Waals surface area contributed by atoms with E-state index in [1.165, 1.54) is 0 Å². The van der Waals surface area contributed by atoms with Crippen LogP contribution in [0.1, 0.15) is 5.76 Å². The normalized spacial score (nSPS) is 10.3. The zero-order valence-electron chi connectivity index (χ0n) is 7.49. The van der Waals surface area contributed by atoms with Crippen LogP contribution < -0.4 is 11.1 Å². The molecule has 1 aromatic carbocycles. The number of nitrogens with one attached hydrogen (secondary N) is 1. The fourth-order valence-corrected chi connectivity index (χ4v) is 1.36. The van der Waals surface area contributed by atoms with Gasteiger partial charge >= 0.3 is 6.03 Å². The van der Waals surface area contributed by atoms with Crippen LogP contribution in [0.2, 0.25) is 0 Å². The fourth-order valence-electron chi connectivity index (χ4n) is 1.36. The number of amides is 2. The minimum atomic E-state index is -0.550. The first kappa shape index (κ1) is 8.62. The third kappa shape index (κ3) is 1.54. The van der Waals surface area contributed by atoms with Crippen LogP contribution in [-0.4, -0.2) is 6.03 Å². The molecular weight excluding hydrogens is 180 g/mol. The molecule has 2 aromatic rings. The lowest BCUT2D eigenvalue weighted by atomic mass is 10.2. The quantitative estimate of drug-likeness (QED) is 0.755. The van der Waals surface area contributed by atoms with Crippen molar-refractivity contribution in [2.45, 2.75) is 6.54 Å². The molecule has 0 fully saturated rings. The number of benzene rings is 1. The first-order chi connectivity index (χ1) is 6.77. The number of furan rings is 1. The van der Waals surface area contributed by atoms with Crippen LogP contribution in [0.3, 0.4) is 0 Å². The van der Waals surface area contributed by atoms with Gasteiger partial charge in [-0.3, -0.25) is 0 Å². The summed E-state index contributed by atoms with van der Waals surface area (Å²) in [5.74, 6) is 0.722. The Bertz CT molecular complexity index is 462. The lowest BCUT2D eigenvalue weighted by Crippen LogP contribution is -2.28. The molecule has 0 aliphatic carbocycles. The number of primary amides is 1. The molecule has 0 atom stereocenters. The second-order valence-corrected chi connectivity index (χ2v) is 2.96. The van der Waals surface area contributed by atoms with E-state index in [1.807, 2.05) is 24.3 Å². The van der Waals surface area contributed by atoms with Crippen LogP contribution in [0.25, 0.3) is 10.8 Å². The summed E-state index contributed by atoms with van der Waals surface area (Å²) in [5, 5.41) is 4.51. The van der Waals surface area contributed by atoms with Crippen LogP contribution >= 0.6 is 0 Å². The van der Waals surface area contributed by atoms with E-state index in [1.54, 1.807) is 6.26 Å². The molecule has 4 heteroatoms. The van der Waals surface area contributed by atoms with Crippen LogP contribution in [0, 0.1) is 0 Å². The van der Waals surface area contributed by atoms with Crippen LogP contribution in [-0.2, 0) is 6.54 Å². The average molecular weight is 190 g/mol. The highest BCUT2D eigenvalue weighted by atomic mass is 16.3. The van der Waals surface area contributed by atoms with Crippen LogP contribution in [0.5, 0.6) is 0 Å². The maximum absolute atomic E-state index is 10.5. The zero-order valence-corrected chi connectivity index (χ0v) is 7.49. The first-order valence-corrected chi connectivity index (χ1v) is 4.26. The predicted octanol–water partition coefficient (Wildman–Crippen LogP) is 1.60. The van der Waals surface area contributed by atoms with E-state index in [0.717, 1.165) is 16.5 Å². The van der Waals surface area contributed by atoms with Gasteiger partial charge in [-0.1, -0.05) is 24.3 Å². The highest BCUT2D eigenvalue weighted by Gasteiger charge is 2.05. The van der Waals surface area contributed by atoms with Gasteiger partial charge < -0.3 is 15.5 Å². The number of urea groups is 1. The van der Waals surface area contributed by atoms with Gasteiger partial charge in [0.1, 0.15) is 5.76 Å². The molecule has 2 amide bonds. The smallest absolute Gasteiger partial charge is 0.312 e. The zero-order chi connectivity index (χ0) is 9.97. The van der Waals surface area contributed by atoms with Crippen molar-refractivity contribution in [2.75, 3.05) is 0 Å². The van der Waals surface area contributed by atoms with Gasteiger partial charge in [-0.2, -0.15) is 0 Å². The van der Waals surface area contributed by atoms with Crippen molar-refractivity contribution in [3.05, 3.63) is 36.3 Å². The topological polar surface area (TPSA) is 68.3 Å². The lowest BCUT2D eigenvalue weighted by Gasteiger charge is -1.98. The molecule has 72 valence electrons. The fraction of sp³-hybridized carbons (Fsp3) is 0.100. The average Bonchev–Trinajstić information content (AvgIpc) is 2.58. The lowest BCUT2D eigenvalue weighted by molar-refractivity contribution is 0.247. The minimum Gasteiger partial charge on any atom is -0.466 e. The molecule has 14 heavy (non-hydrogen) atoms. The van der Waals surface area contributed by atoms with Crippen LogP contribution in [0.15, 0.2) is 34.9 Å². The number of fused-ring (bicyclic) bond motifs is 1. The molecule has 1 heterocycles. The van der Waals surface area contributed by atoms with Gasteiger partial charge in [0, 0.05) is 10.8 Å². The summed E-state index contributed by atoms with van der Waals surface area (Å²) in [6.07, 6.45) is 1.66. The molecule has 0 unspecified atom stereocenters. The molecule has 0 bridgehead atoms. The Kier molecular flexibility index (Phi) is 2.10. The van der Waals surface area contributed by atoms with E-state index in [2.05, 4.69) is 5.32 Å². The Labute approximate surface area is 80.7 Å². The summed E-state index contributed by atoms with van der Waals surface area (Å²) < 4.78 is 5.30. The Hall–Kier alpha value is -1.97. The van der Waals surface area contributed by atoms with Crippen molar-refractivity contribution in [3.8, 4) is 0 Å². The molecule has 0 aliphatic heterocycles. The van der Waals surface area contributed by atoms with E-state index in [0.29, 0.717) is 6.54 Å². The molecular formula is C10H10N2O2. The Morgan fingerprint density at radius 3 is 3.00 bits per heavy atom. The SMILES string of the molecule is NC(=O)NCc1occ2ccccc12. The number of carbonyl (C=O) groups excluding carboxylic acids is 1. The molecule has 0 spiro atoms. The van der Waals surface area contributed by atoms with Gasteiger partial charge in [0.25, 0.3) is 0 Å². The van der Waals surface area contributed by atoms with Crippen molar-refractivity contribution in [2.24, 2.45) is 5.73 Å². The van der Waals surface area contributed by atoms with E-state index in [-0.39, 0.29) is 0 Å². The summed E-state index contributed by atoms with van der Waals surface area (Å²) >= 11 is 0. The van der Waals surface area contributed by atoms with Gasteiger partial charge in [-0.05, 0) is 0 Å². The molecule has 0 saturated heterocycles. The van der Waals surface area contributed by atoms with Crippen LogP contribution in [0.4, 0.5) is 4.79 Å². The van der Waals surface area contributed by atoms with Gasteiger partial charge in [-0.15, -0.1) is 0 Å². The predicted molar refractivity (Wildman–Crippen MR) is 52.6 cm³/mol. The van der Waals surface area contributed by atoms with E-state index in [9.17, 15) is 4.79 Å². The molecule has 4 nitrogen and oxygen atoms in total. The van der Waals surface area contributed by atoms with E-state index in [4.69, 9.17) is 10.2 Å². The maximum Gasteiger partial charge on any atom is 0.312 e. The summed E-state index contributed by atoms with van der Waals surface area (Å²) in [7, 11) is 0. The van der Waals surface area contributed by atoms with Crippen molar-refractivity contribution in [3.63, 3.8) is 0 Å². The third-order valence-electron chi connectivity index (χ3n) is 2.01. The van der Waals surface area contributed by atoms with Gasteiger partial charge in [0.2, 0.25) is 0 Å². The number of nitrogens with two attached hydrogens (primary N) is 1. The highest BCUT2D eigenvalue weighted by Crippen LogP contribution is 2.20. The second kappa shape index (κ2) is 3.41. The van der Waals surface area contributed by atoms with Crippen molar-refractivity contribution in [1.82, 2.24) is 5.32 Å². The summed E-state index contributed by atoms with van der Waals surface area (Å²) in [5.41, 5.74) is 4.96. The number of hydrogen-bond donors (Lipinski definition) is 2. The van der Waals surface area contributed by atoms with Gasteiger partial charge in [-0.25, -0.2) is 4.79 Å². The monoisotopic (exact) mass is 190 g/mol. The number of hydrogen-bond acceptors (Lipinski definition) is 2. The summed E-state index contributed by atoms with van der Waals surface area (Å²) in [6.45, 7) is 0.322. The van der Waals surface area contributed by atoms with Crippen molar-refractivity contribution < 1.29 is 9.21 Å². The summed E-state index contributed by atoms with van der Waals surface area (Å²) in [4.78, 5) is 10.5. The molecule has 1 aromatic heterocycles. The standard InChI is InChI=1S/C10H10N2O2/c11-10(13)12-5-9-8-4-2-1-3-7(8)6-14-9/h1-4,6H,5H2,(H3,11,12,13). The maximum atomic E-state index is 10.5. The van der Waals surface area contributed by atoms with Gasteiger partial charge in [0.05, 0.1) is 12.8 Å². The number of carbonyl (C=O) groups is 1. The van der Waals surface area contributed by atoms with E-state index >= 15 is 0 Å². The Balaban J connectivity index is 2.29. The molecule has 0 radical (unpaired) electrons. The largest absolute Gasteiger partial charge is 0.466 e. The first-order valence-electron chi connectivity index (χ1n) is 4.26. The van der Waals surface area contributed by atoms with Crippen molar-refractivity contribution in [1.29, 1.82) is 0 Å². The molecule has 0 aliphatic rings. The molecule has 3 N–H and O–H groups in total. The minimum absolute atomic E-state index is 0.322. The van der Waals surface area contributed by atoms with E-state index < -0.39 is 6.03 Å². The number of rotatable bonds is 2.